The van der Waals surface area contributed by atoms with Crippen molar-refractivity contribution in [3.63, 3.8) is 0 Å². The van der Waals surface area contributed by atoms with Crippen molar-refractivity contribution in [2.75, 3.05) is 26.3 Å². The standard InChI is InChI=1S/C20H26N4O6S/c1-5-6-7-8-9-30-17-15(24(26)27)10-14(11-16(17)28-3)12-21-23-20-22-13(2)18(31-20)19(25)29-4/h10-12H,5-9H2,1-4H3,(H,22,23)/b21-12-. The van der Waals surface area contributed by atoms with Gasteiger partial charge in [-0.3, -0.25) is 15.5 Å². The molecule has 0 unspecified atom stereocenters. The Morgan fingerprint density at radius 3 is 2.74 bits per heavy atom. The van der Waals surface area contributed by atoms with Crippen LogP contribution in [0.1, 0.15) is 53.5 Å². The van der Waals surface area contributed by atoms with Crippen molar-refractivity contribution in [1.29, 1.82) is 0 Å². The fourth-order valence-corrected chi connectivity index (χ4v) is 3.54. The van der Waals surface area contributed by atoms with Crippen LogP contribution in [0.25, 0.3) is 0 Å². The third-order valence-corrected chi connectivity index (χ3v) is 5.30. The average Bonchev–Trinajstić information content (AvgIpc) is 3.13. The maximum Gasteiger partial charge on any atom is 0.350 e. The summed E-state index contributed by atoms with van der Waals surface area (Å²) >= 11 is 1.10. The molecule has 0 bridgehead atoms. The third-order valence-electron chi connectivity index (χ3n) is 4.26. The number of nitro benzene ring substituents is 1. The van der Waals surface area contributed by atoms with Crippen LogP contribution in [-0.2, 0) is 4.74 Å². The molecule has 0 aliphatic carbocycles. The summed E-state index contributed by atoms with van der Waals surface area (Å²) in [6.07, 6.45) is 5.38. The molecular formula is C20H26N4O6S. The lowest BCUT2D eigenvalue weighted by molar-refractivity contribution is -0.386. The number of aromatic nitrogens is 1. The van der Waals surface area contributed by atoms with Crippen LogP contribution in [0.3, 0.4) is 0 Å². The molecule has 1 aromatic heterocycles. The van der Waals surface area contributed by atoms with Gasteiger partial charge in [-0.2, -0.15) is 5.10 Å². The molecule has 1 heterocycles. The number of benzene rings is 1. The minimum absolute atomic E-state index is 0.104. The largest absolute Gasteiger partial charge is 0.493 e. The van der Waals surface area contributed by atoms with Crippen molar-refractivity contribution in [2.45, 2.75) is 39.5 Å². The topological polar surface area (TPSA) is 125 Å². The Balaban J connectivity index is 2.16. The number of nitrogens with zero attached hydrogens (tertiary/aromatic N) is 3. The first-order valence-electron chi connectivity index (χ1n) is 9.75. The van der Waals surface area contributed by atoms with Crippen LogP contribution >= 0.6 is 11.3 Å². The third kappa shape index (κ3) is 6.64. The number of esters is 1. The average molecular weight is 451 g/mol. The molecule has 0 fully saturated rings. The normalized spacial score (nSPS) is 10.8. The van der Waals surface area contributed by atoms with Gasteiger partial charge in [0, 0.05) is 11.6 Å². The summed E-state index contributed by atoms with van der Waals surface area (Å²) in [6.45, 7) is 4.17. The summed E-state index contributed by atoms with van der Waals surface area (Å²) < 4.78 is 15.7. The molecule has 0 amide bonds. The van der Waals surface area contributed by atoms with Crippen molar-refractivity contribution >= 4 is 34.3 Å². The Morgan fingerprint density at radius 2 is 2.10 bits per heavy atom. The van der Waals surface area contributed by atoms with Crippen LogP contribution in [0.5, 0.6) is 11.5 Å². The van der Waals surface area contributed by atoms with E-state index in [1.165, 1.54) is 26.5 Å². The summed E-state index contributed by atoms with van der Waals surface area (Å²) in [5.74, 6) is -0.116. The van der Waals surface area contributed by atoms with Crippen LogP contribution in [0, 0.1) is 17.0 Å². The van der Waals surface area contributed by atoms with Crippen molar-refractivity contribution < 1.29 is 23.9 Å². The lowest BCUT2D eigenvalue weighted by atomic mass is 10.1. The van der Waals surface area contributed by atoms with Crippen molar-refractivity contribution in [1.82, 2.24) is 4.98 Å². The SMILES string of the molecule is CCCCCCOc1c(OC)cc(/C=N\Nc2nc(C)c(C(=O)OC)s2)cc1[N+](=O)[O-]. The van der Waals surface area contributed by atoms with E-state index >= 15 is 0 Å². The number of thiazole rings is 1. The molecule has 10 nitrogen and oxygen atoms in total. The second kappa shape index (κ2) is 11.8. The minimum Gasteiger partial charge on any atom is -0.493 e. The highest BCUT2D eigenvalue weighted by molar-refractivity contribution is 7.17. The molecule has 1 aromatic carbocycles. The van der Waals surface area contributed by atoms with E-state index in [0.717, 1.165) is 37.0 Å². The number of nitrogens with one attached hydrogen (secondary N) is 1. The molecule has 0 spiro atoms. The number of rotatable bonds is 12. The van der Waals surface area contributed by atoms with Gasteiger partial charge in [0.2, 0.25) is 10.9 Å². The highest BCUT2D eigenvalue weighted by Gasteiger charge is 2.22. The van der Waals surface area contributed by atoms with E-state index in [1.54, 1.807) is 13.0 Å². The molecule has 31 heavy (non-hydrogen) atoms. The summed E-state index contributed by atoms with van der Waals surface area (Å²) in [5.41, 5.74) is 3.48. The molecule has 2 aromatic rings. The summed E-state index contributed by atoms with van der Waals surface area (Å²) in [4.78, 5) is 27.3. The van der Waals surface area contributed by atoms with E-state index in [-0.39, 0.29) is 17.2 Å². The molecule has 11 heteroatoms. The smallest absolute Gasteiger partial charge is 0.350 e. The van der Waals surface area contributed by atoms with Gasteiger partial charge in [0.05, 0.1) is 37.7 Å². The lowest BCUT2D eigenvalue weighted by Gasteiger charge is -2.11. The summed E-state index contributed by atoms with van der Waals surface area (Å²) in [6, 6.07) is 2.97. The number of ether oxygens (including phenoxy) is 3. The van der Waals surface area contributed by atoms with Crippen LogP contribution < -0.4 is 14.9 Å². The number of anilines is 1. The highest BCUT2D eigenvalue weighted by Crippen LogP contribution is 2.38. The van der Waals surface area contributed by atoms with E-state index < -0.39 is 10.9 Å². The molecule has 168 valence electrons. The molecule has 0 radical (unpaired) electrons. The van der Waals surface area contributed by atoms with E-state index in [1.807, 2.05) is 0 Å². The van der Waals surface area contributed by atoms with Gasteiger partial charge in [-0.15, -0.1) is 0 Å². The maximum atomic E-state index is 11.7. The van der Waals surface area contributed by atoms with Crippen LogP contribution in [-0.4, -0.2) is 42.9 Å². The molecule has 1 N–H and O–H groups in total. The van der Waals surface area contributed by atoms with E-state index in [2.05, 4.69) is 22.4 Å². The Labute approximate surface area is 184 Å². The quantitative estimate of drug-likeness (QED) is 0.164. The van der Waals surface area contributed by atoms with Crippen LogP contribution in [0.2, 0.25) is 0 Å². The predicted octanol–water partition coefficient (Wildman–Crippen LogP) is 4.56. The zero-order valence-corrected chi connectivity index (χ0v) is 18.8. The van der Waals surface area contributed by atoms with Gasteiger partial charge in [-0.05, 0) is 19.4 Å². The Kier molecular flexibility index (Phi) is 9.19. The number of hydrogen-bond acceptors (Lipinski definition) is 10. The fourth-order valence-electron chi connectivity index (χ4n) is 2.71. The number of carbonyl (C=O) groups is 1. The number of nitro groups is 1. The zero-order valence-electron chi connectivity index (χ0n) is 18.0. The zero-order chi connectivity index (χ0) is 22.8. The number of carbonyl (C=O) groups excluding carboxylic acids is 1. The Hall–Kier alpha value is -3.21. The second-order valence-electron chi connectivity index (χ2n) is 6.53. The van der Waals surface area contributed by atoms with Crippen molar-refractivity contribution in [2.24, 2.45) is 5.10 Å². The lowest BCUT2D eigenvalue weighted by Crippen LogP contribution is -2.04. The van der Waals surface area contributed by atoms with Crippen molar-refractivity contribution in [3.8, 4) is 11.5 Å². The molecule has 0 saturated carbocycles. The highest BCUT2D eigenvalue weighted by atomic mass is 32.1. The Morgan fingerprint density at radius 1 is 1.32 bits per heavy atom. The first kappa shape index (κ1) is 24.1. The van der Waals surface area contributed by atoms with Gasteiger partial charge in [0.15, 0.2) is 5.75 Å². The number of hydrazone groups is 1. The summed E-state index contributed by atoms with van der Waals surface area (Å²) in [5, 5.41) is 16.0. The molecule has 0 aliphatic heterocycles. The van der Waals surface area contributed by atoms with Crippen molar-refractivity contribution in [3.05, 3.63) is 38.4 Å². The van der Waals surface area contributed by atoms with Gasteiger partial charge in [0.25, 0.3) is 0 Å². The number of aryl methyl sites for hydroxylation is 1. The molecule has 0 atom stereocenters. The number of hydrogen-bond donors (Lipinski definition) is 1. The van der Waals surface area contributed by atoms with Gasteiger partial charge in [-0.1, -0.05) is 37.5 Å². The fraction of sp³-hybridized carbons (Fsp3) is 0.450. The van der Waals surface area contributed by atoms with Gasteiger partial charge in [0.1, 0.15) is 4.88 Å². The second-order valence-corrected chi connectivity index (χ2v) is 7.53. The van der Waals surface area contributed by atoms with Gasteiger partial charge < -0.3 is 14.2 Å². The van der Waals surface area contributed by atoms with Crippen LogP contribution in [0.15, 0.2) is 17.2 Å². The van der Waals surface area contributed by atoms with Crippen LogP contribution in [0.4, 0.5) is 10.8 Å². The molecule has 2 rings (SSSR count). The molecule has 0 aliphatic rings. The Bertz CT molecular complexity index is 944. The van der Waals surface area contributed by atoms with E-state index in [4.69, 9.17) is 14.2 Å². The monoisotopic (exact) mass is 450 g/mol. The maximum absolute atomic E-state index is 11.7. The predicted molar refractivity (Wildman–Crippen MR) is 119 cm³/mol. The number of unbranched alkanes of at least 4 members (excludes halogenated alkanes) is 3. The van der Waals surface area contributed by atoms with E-state index in [0.29, 0.717) is 27.9 Å². The summed E-state index contributed by atoms with van der Waals surface area (Å²) in [7, 11) is 2.72. The minimum atomic E-state index is -0.512. The first-order valence-corrected chi connectivity index (χ1v) is 10.6. The van der Waals surface area contributed by atoms with Gasteiger partial charge in [-0.25, -0.2) is 9.78 Å². The van der Waals surface area contributed by atoms with E-state index in [9.17, 15) is 14.9 Å². The molecule has 0 saturated heterocycles. The first-order chi connectivity index (χ1) is 14.9. The molecular weight excluding hydrogens is 424 g/mol. The number of methoxy groups -OCH3 is 2. The van der Waals surface area contributed by atoms with Gasteiger partial charge >= 0.3 is 11.7 Å².